The van der Waals surface area contributed by atoms with Crippen LogP contribution in [0, 0.1) is 12.8 Å². The van der Waals surface area contributed by atoms with Crippen LogP contribution in [0.25, 0.3) is 0 Å². The summed E-state index contributed by atoms with van der Waals surface area (Å²) in [6, 6.07) is 16.1. The van der Waals surface area contributed by atoms with Crippen molar-refractivity contribution in [2.45, 2.75) is 43.3 Å². The summed E-state index contributed by atoms with van der Waals surface area (Å²) in [4.78, 5) is 20.4. The van der Waals surface area contributed by atoms with Crippen molar-refractivity contribution < 1.29 is 14.1 Å². The summed E-state index contributed by atoms with van der Waals surface area (Å²) in [6.07, 6.45) is 4.33. The number of likely N-dealkylation sites (tertiary alicyclic amines) is 1. The Labute approximate surface area is 193 Å². The van der Waals surface area contributed by atoms with E-state index in [1.807, 2.05) is 41.3 Å². The number of carbonyl (C=O) groups is 1. The van der Waals surface area contributed by atoms with Gasteiger partial charge in [0.25, 0.3) is 5.91 Å². The lowest BCUT2D eigenvalue weighted by atomic mass is 9.90. The van der Waals surface area contributed by atoms with E-state index in [0.717, 1.165) is 55.0 Å². The van der Waals surface area contributed by atoms with Gasteiger partial charge in [-0.2, -0.15) is 4.98 Å². The molecule has 0 atom stereocenters. The second-order valence-corrected chi connectivity index (χ2v) is 9.16. The summed E-state index contributed by atoms with van der Waals surface area (Å²) >= 11 is 1.56. The molecule has 168 valence electrons. The molecular weight excluding hydrogens is 422 g/mol. The zero-order valence-corrected chi connectivity index (χ0v) is 19.4. The Morgan fingerprint density at radius 2 is 1.91 bits per heavy atom. The highest BCUT2D eigenvalue weighted by Crippen LogP contribution is 2.29. The molecule has 32 heavy (non-hydrogen) atoms. The molecule has 0 radical (unpaired) electrons. The molecule has 1 aromatic heterocycles. The molecule has 0 spiro atoms. The molecule has 1 saturated heterocycles. The highest BCUT2D eigenvalue weighted by molar-refractivity contribution is 7.98. The molecule has 1 amide bonds. The van der Waals surface area contributed by atoms with Crippen LogP contribution in [0.4, 0.5) is 0 Å². The third-order valence-corrected chi connectivity index (χ3v) is 7.00. The minimum absolute atomic E-state index is 0.114. The number of aromatic nitrogens is 2. The van der Waals surface area contributed by atoms with Gasteiger partial charge in [-0.05, 0) is 68.4 Å². The number of ether oxygens (including phenoxy) is 1. The van der Waals surface area contributed by atoms with Crippen molar-refractivity contribution in [1.82, 2.24) is 15.0 Å². The number of hydrogen-bond acceptors (Lipinski definition) is 6. The summed E-state index contributed by atoms with van der Waals surface area (Å²) in [5.74, 6) is 3.42. The predicted octanol–water partition coefficient (Wildman–Crippen LogP) is 5.16. The first kappa shape index (κ1) is 22.4. The summed E-state index contributed by atoms with van der Waals surface area (Å²) in [5, 5.41) is 3.83. The number of rotatable bonds is 8. The zero-order chi connectivity index (χ0) is 22.3. The lowest BCUT2D eigenvalue weighted by Gasteiger charge is -2.32. The minimum Gasteiger partial charge on any atom is -0.497 e. The molecule has 2 aromatic carbocycles. The van der Waals surface area contributed by atoms with Crippen LogP contribution >= 0.6 is 11.8 Å². The van der Waals surface area contributed by atoms with Gasteiger partial charge < -0.3 is 14.2 Å². The van der Waals surface area contributed by atoms with Gasteiger partial charge in [-0.25, -0.2) is 0 Å². The number of methoxy groups -OCH3 is 1. The van der Waals surface area contributed by atoms with Crippen molar-refractivity contribution >= 4 is 17.7 Å². The first-order valence-electron chi connectivity index (χ1n) is 11.1. The summed E-state index contributed by atoms with van der Waals surface area (Å²) < 4.78 is 10.4. The van der Waals surface area contributed by atoms with Crippen LogP contribution in [0.15, 0.2) is 57.9 Å². The second-order valence-electron chi connectivity index (χ2n) is 8.14. The largest absolute Gasteiger partial charge is 0.497 e. The number of benzene rings is 2. The maximum absolute atomic E-state index is 13.2. The molecule has 7 heteroatoms. The normalized spacial score (nSPS) is 14.5. The van der Waals surface area contributed by atoms with Crippen molar-refractivity contribution in [3.05, 3.63) is 71.4 Å². The molecular formula is C25H29N3O3S. The van der Waals surface area contributed by atoms with E-state index in [4.69, 9.17) is 9.26 Å². The lowest BCUT2D eigenvalue weighted by molar-refractivity contribution is 0.0683. The van der Waals surface area contributed by atoms with Crippen LogP contribution in [0.5, 0.6) is 5.75 Å². The maximum atomic E-state index is 13.2. The van der Waals surface area contributed by atoms with E-state index in [1.54, 1.807) is 25.8 Å². The Morgan fingerprint density at radius 1 is 1.16 bits per heavy atom. The molecule has 2 heterocycles. The van der Waals surface area contributed by atoms with E-state index in [2.05, 4.69) is 22.3 Å². The Balaban J connectivity index is 1.29. The molecule has 0 bridgehead atoms. The fourth-order valence-electron chi connectivity index (χ4n) is 4.07. The van der Waals surface area contributed by atoms with Crippen LogP contribution in [-0.4, -0.2) is 41.1 Å². The number of piperidine rings is 1. The topological polar surface area (TPSA) is 68.5 Å². The van der Waals surface area contributed by atoms with E-state index < -0.39 is 0 Å². The van der Waals surface area contributed by atoms with E-state index in [-0.39, 0.29) is 5.91 Å². The van der Waals surface area contributed by atoms with Crippen LogP contribution in [0.3, 0.4) is 0 Å². The number of amides is 1. The molecule has 0 unspecified atom stereocenters. The molecule has 3 aromatic rings. The average molecular weight is 452 g/mol. The molecule has 0 saturated carbocycles. The van der Waals surface area contributed by atoms with Gasteiger partial charge in [0, 0.05) is 18.0 Å². The van der Waals surface area contributed by atoms with Gasteiger partial charge in [-0.1, -0.05) is 29.4 Å². The highest BCUT2D eigenvalue weighted by Gasteiger charge is 2.25. The standard InChI is InChI=1S/C25H29N3O3S/c1-18-26-24(31-27-18)17-32-23-6-4-3-5-22(23)25(29)28-15-13-20(14-16-28)8-7-19-9-11-21(30-2)12-10-19/h3-6,9-12,20H,7-8,13-17H2,1-2H3. The Bertz CT molecular complexity index is 1030. The smallest absolute Gasteiger partial charge is 0.254 e. The lowest BCUT2D eigenvalue weighted by Crippen LogP contribution is -2.38. The van der Waals surface area contributed by atoms with E-state index >= 15 is 0 Å². The van der Waals surface area contributed by atoms with Gasteiger partial charge in [-0.15, -0.1) is 11.8 Å². The van der Waals surface area contributed by atoms with Crippen molar-refractivity contribution in [3.8, 4) is 5.75 Å². The minimum atomic E-state index is 0.114. The van der Waals surface area contributed by atoms with Crippen LogP contribution in [-0.2, 0) is 12.2 Å². The second kappa shape index (κ2) is 10.7. The van der Waals surface area contributed by atoms with Gasteiger partial charge in [0.1, 0.15) is 5.75 Å². The number of aryl methyl sites for hydroxylation is 2. The number of nitrogens with zero attached hydrogens (tertiary/aromatic N) is 3. The molecule has 0 aliphatic carbocycles. The Hall–Kier alpha value is -2.80. The van der Waals surface area contributed by atoms with Crippen molar-refractivity contribution in [3.63, 3.8) is 0 Å². The molecule has 1 fully saturated rings. The summed E-state index contributed by atoms with van der Waals surface area (Å²) in [7, 11) is 1.69. The summed E-state index contributed by atoms with van der Waals surface area (Å²) in [5.41, 5.74) is 2.09. The van der Waals surface area contributed by atoms with Crippen molar-refractivity contribution in [1.29, 1.82) is 0 Å². The zero-order valence-electron chi connectivity index (χ0n) is 18.6. The average Bonchev–Trinajstić information content (AvgIpc) is 3.27. The van der Waals surface area contributed by atoms with Crippen LogP contribution < -0.4 is 4.74 Å². The molecule has 6 nitrogen and oxygen atoms in total. The highest BCUT2D eigenvalue weighted by atomic mass is 32.2. The van der Waals surface area contributed by atoms with Crippen LogP contribution in [0.2, 0.25) is 0 Å². The molecule has 1 aliphatic heterocycles. The first-order chi connectivity index (χ1) is 15.6. The first-order valence-corrected chi connectivity index (χ1v) is 12.0. The van der Waals surface area contributed by atoms with Crippen molar-refractivity contribution in [2.24, 2.45) is 5.92 Å². The molecule has 4 rings (SSSR count). The third kappa shape index (κ3) is 5.71. The number of thioether (sulfide) groups is 1. The van der Waals surface area contributed by atoms with Gasteiger partial charge in [0.2, 0.25) is 5.89 Å². The predicted molar refractivity (Wildman–Crippen MR) is 125 cm³/mol. The van der Waals surface area contributed by atoms with Gasteiger partial charge in [0.05, 0.1) is 18.4 Å². The fourth-order valence-corrected chi connectivity index (χ4v) is 4.95. The van der Waals surface area contributed by atoms with E-state index in [1.165, 1.54) is 5.56 Å². The third-order valence-electron chi connectivity index (χ3n) is 5.94. The van der Waals surface area contributed by atoms with Crippen LogP contribution in [0.1, 0.15) is 46.9 Å². The molecule has 1 aliphatic rings. The number of carbonyl (C=O) groups excluding carboxylic acids is 1. The van der Waals surface area contributed by atoms with Gasteiger partial charge in [0.15, 0.2) is 5.82 Å². The number of hydrogen-bond donors (Lipinski definition) is 0. The molecule has 0 N–H and O–H groups in total. The SMILES string of the molecule is COc1ccc(CCC2CCN(C(=O)c3ccccc3SCc3nc(C)no3)CC2)cc1. The van der Waals surface area contributed by atoms with Gasteiger partial charge >= 0.3 is 0 Å². The van der Waals surface area contributed by atoms with Gasteiger partial charge in [-0.3, -0.25) is 4.79 Å². The Kier molecular flexibility index (Phi) is 7.47. The summed E-state index contributed by atoms with van der Waals surface area (Å²) in [6.45, 7) is 3.43. The monoisotopic (exact) mass is 451 g/mol. The van der Waals surface area contributed by atoms with Crippen molar-refractivity contribution in [2.75, 3.05) is 20.2 Å². The fraction of sp³-hybridized carbons (Fsp3) is 0.400. The van der Waals surface area contributed by atoms with E-state index in [0.29, 0.717) is 23.4 Å². The quantitative estimate of drug-likeness (QED) is 0.441. The Morgan fingerprint density at radius 3 is 2.59 bits per heavy atom. The maximum Gasteiger partial charge on any atom is 0.254 e. The van der Waals surface area contributed by atoms with E-state index in [9.17, 15) is 4.79 Å².